The fourth-order valence-corrected chi connectivity index (χ4v) is 0.867. The Kier molecular flexibility index (Phi) is 1.86. The van der Waals surface area contributed by atoms with Gasteiger partial charge < -0.3 is 14.6 Å². The van der Waals surface area contributed by atoms with E-state index in [4.69, 9.17) is 10.2 Å². The van der Waals surface area contributed by atoms with Gasteiger partial charge in [0.1, 0.15) is 5.56 Å². The van der Waals surface area contributed by atoms with Gasteiger partial charge in [0.05, 0.1) is 6.26 Å². The Balaban J connectivity index is 3.31. The average molecular weight is 170 g/mol. The van der Waals surface area contributed by atoms with Gasteiger partial charge in [-0.05, 0) is 6.92 Å². The second-order valence-electron chi connectivity index (χ2n) is 2.23. The third kappa shape index (κ3) is 1.16. The highest BCUT2D eigenvalue weighted by atomic mass is 16.4. The van der Waals surface area contributed by atoms with Gasteiger partial charge in [-0.3, -0.25) is 0 Å². The summed E-state index contributed by atoms with van der Waals surface area (Å²) in [6.45, 7) is 1.47. The van der Waals surface area contributed by atoms with Crippen LogP contribution in [0.25, 0.3) is 0 Å². The maximum absolute atomic E-state index is 10.5. The molecular formula is C7H6O5. The molecule has 0 fully saturated rings. The quantitative estimate of drug-likeness (QED) is 0.690. The first-order valence-corrected chi connectivity index (χ1v) is 3.08. The molecule has 1 rings (SSSR count). The van der Waals surface area contributed by atoms with Crippen molar-refractivity contribution in [3.8, 4) is 0 Å². The zero-order valence-corrected chi connectivity index (χ0v) is 6.20. The zero-order chi connectivity index (χ0) is 9.30. The van der Waals surface area contributed by atoms with Gasteiger partial charge in [0.2, 0.25) is 5.76 Å². The number of aromatic carboxylic acids is 2. The van der Waals surface area contributed by atoms with E-state index >= 15 is 0 Å². The first-order valence-electron chi connectivity index (χ1n) is 3.08. The van der Waals surface area contributed by atoms with E-state index in [0.29, 0.717) is 5.56 Å². The molecular weight excluding hydrogens is 164 g/mol. The average Bonchev–Trinajstić information content (AvgIpc) is 2.30. The molecule has 1 aromatic rings. The number of furan rings is 1. The van der Waals surface area contributed by atoms with Crippen LogP contribution >= 0.6 is 0 Å². The molecule has 5 nitrogen and oxygen atoms in total. The van der Waals surface area contributed by atoms with Crippen molar-refractivity contribution in [2.75, 3.05) is 0 Å². The molecule has 0 radical (unpaired) electrons. The summed E-state index contributed by atoms with van der Waals surface area (Å²) >= 11 is 0. The van der Waals surface area contributed by atoms with Crippen LogP contribution < -0.4 is 0 Å². The maximum atomic E-state index is 10.5. The van der Waals surface area contributed by atoms with Gasteiger partial charge in [-0.2, -0.15) is 0 Å². The third-order valence-electron chi connectivity index (χ3n) is 1.38. The Morgan fingerprint density at radius 2 is 1.92 bits per heavy atom. The fraction of sp³-hybridized carbons (Fsp3) is 0.143. The van der Waals surface area contributed by atoms with Crippen molar-refractivity contribution in [3.63, 3.8) is 0 Å². The predicted octanol–water partition coefficient (Wildman–Crippen LogP) is 0.984. The second-order valence-corrected chi connectivity index (χ2v) is 2.23. The Morgan fingerprint density at radius 1 is 1.33 bits per heavy atom. The molecule has 0 aliphatic rings. The molecule has 5 heteroatoms. The van der Waals surface area contributed by atoms with Crippen LogP contribution in [0.1, 0.15) is 26.5 Å². The molecule has 2 N–H and O–H groups in total. The summed E-state index contributed by atoms with van der Waals surface area (Å²) in [5.41, 5.74) is 0.0161. The summed E-state index contributed by atoms with van der Waals surface area (Å²) in [4.78, 5) is 20.9. The SMILES string of the molecule is Cc1coc(C(=O)O)c1C(=O)O. The van der Waals surface area contributed by atoms with Crippen LogP contribution in [0.3, 0.4) is 0 Å². The highest BCUT2D eigenvalue weighted by molar-refractivity contribution is 6.00. The van der Waals surface area contributed by atoms with Crippen LogP contribution in [0.5, 0.6) is 0 Å². The molecule has 0 aromatic carbocycles. The minimum Gasteiger partial charge on any atom is -0.478 e. The molecule has 0 saturated heterocycles. The predicted molar refractivity (Wildman–Crippen MR) is 37.4 cm³/mol. The van der Waals surface area contributed by atoms with Gasteiger partial charge in [-0.1, -0.05) is 0 Å². The van der Waals surface area contributed by atoms with Crippen molar-refractivity contribution in [2.24, 2.45) is 0 Å². The summed E-state index contributed by atoms with van der Waals surface area (Å²) in [6.07, 6.45) is 1.10. The van der Waals surface area contributed by atoms with E-state index in [9.17, 15) is 9.59 Å². The number of aryl methyl sites for hydroxylation is 1. The molecule has 12 heavy (non-hydrogen) atoms. The van der Waals surface area contributed by atoms with E-state index in [1.54, 1.807) is 0 Å². The van der Waals surface area contributed by atoms with Crippen molar-refractivity contribution >= 4 is 11.9 Å². The van der Waals surface area contributed by atoms with E-state index in [1.807, 2.05) is 0 Å². The maximum Gasteiger partial charge on any atom is 0.372 e. The first kappa shape index (κ1) is 8.32. The van der Waals surface area contributed by atoms with Crippen molar-refractivity contribution in [3.05, 3.63) is 23.2 Å². The van der Waals surface area contributed by atoms with Crippen molar-refractivity contribution in [2.45, 2.75) is 6.92 Å². The minimum absolute atomic E-state index is 0.289. The van der Waals surface area contributed by atoms with Crippen molar-refractivity contribution in [1.82, 2.24) is 0 Å². The molecule has 64 valence electrons. The van der Waals surface area contributed by atoms with E-state index in [-0.39, 0.29) is 5.56 Å². The summed E-state index contributed by atoms with van der Waals surface area (Å²) < 4.78 is 4.54. The van der Waals surface area contributed by atoms with Crippen molar-refractivity contribution in [1.29, 1.82) is 0 Å². The molecule has 0 amide bonds. The highest BCUT2D eigenvalue weighted by Gasteiger charge is 2.22. The fourth-order valence-electron chi connectivity index (χ4n) is 0.867. The second kappa shape index (κ2) is 2.69. The van der Waals surface area contributed by atoms with Crippen LogP contribution in [-0.2, 0) is 0 Å². The number of rotatable bonds is 2. The lowest BCUT2D eigenvalue weighted by Gasteiger charge is -1.91. The van der Waals surface area contributed by atoms with Gasteiger partial charge >= 0.3 is 11.9 Å². The van der Waals surface area contributed by atoms with Gasteiger partial charge in [0, 0.05) is 5.56 Å². The number of hydrogen-bond donors (Lipinski definition) is 2. The lowest BCUT2D eigenvalue weighted by atomic mass is 10.2. The lowest BCUT2D eigenvalue weighted by molar-refractivity contribution is 0.0625. The van der Waals surface area contributed by atoms with Crippen LogP contribution in [0.2, 0.25) is 0 Å². The van der Waals surface area contributed by atoms with E-state index < -0.39 is 17.7 Å². The van der Waals surface area contributed by atoms with Gasteiger partial charge in [-0.15, -0.1) is 0 Å². The number of carbonyl (C=O) groups is 2. The largest absolute Gasteiger partial charge is 0.478 e. The van der Waals surface area contributed by atoms with Crippen LogP contribution in [0, 0.1) is 6.92 Å². The summed E-state index contributed by atoms with van der Waals surface area (Å²) in [7, 11) is 0. The molecule has 1 aromatic heterocycles. The number of carboxylic acid groups (broad SMARTS) is 2. The van der Waals surface area contributed by atoms with Gasteiger partial charge in [0.25, 0.3) is 0 Å². The Hall–Kier alpha value is -1.78. The van der Waals surface area contributed by atoms with Gasteiger partial charge in [0.15, 0.2) is 0 Å². The molecule has 0 atom stereocenters. The topological polar surface area (TPSA) is 87.7 Å². The van der Waals surface area contributed by atoms with Crippen LogP contribution in [0.4, 0.5) is 0 Å². The first-order chi connectivity index (χ1) is 5.54. The Morgan fingerprint density at radius 3 is 2.25 bits per heavy atom. The standard InChI is InChI=1S/C7H6O5/c1-3-2-12-5(7(10)11)4(3)6(8)9/h2H,1H3,(H,8,9)(H,10,11). The van der Waals surface area contributed by atoms with Gasteiger partial charge in [-0.25, -0.2) is 9.59 Å². The lowest BCUT2D eigenvalue weighted by Crippen LogP contribution is -2.05. The van der Waals surface area contributed by atoms with Crippen molar-refractivity contribution < 1.29 is 24.2 Å². The van der Waals surface area contributed by atoms with E-state index in [0.717, 1.165) is 6.26 Å². The highest BCUT2D eigenvalue weighted by Crippen LogP contribution is 2.16. The molecule has 0 aliphatic heterocycles. The Labute approximate surface area is 67.2 Å². The molecule has 1 heterocycles. The molecule has 0 bridgehead atoms. The number of hydrogen-bond acceptors (Lipinski definition) is 3. The zero-order valence-electron chi connectivity index (χ0n) is 6.20. The monoisotopic (exact) mass is 170 g/mol. The van der Waals surface area contributed by atoms with E-state index in [2.05, 4.69) is 4.42 Å². The molecule has 0 unspecified atom stereocenters. The molecule has 0 saturated carbocycles. The third-order valence-corrected chi connectivity index (χ3v) is 1.38. The molecule has 0 spiro atoms. The normalized spacial score (nSPS) is 9.75. The number of carboxylic acids is 2. The Bertz CT molecular complexity index is 336. The summed E-state index contributed by atoms with van der Waals surface area (Å²) in [5.74, 6) is -3.20. The molecule has 0 aliphatic carbocycles. The van der Waals surface area contributed by atoms with Crippen LogP contribution in [0.15, 0.2) is 10.7 Å². The minimum atomic E-state index is -1.37. The summed E-state index contributed by atoms with van der Waals surface area (Å²) in [6, 6.07) is 0. The smallest absolute Gasteiger partial charge is 0.372 e. The van der Waals surface area contributed by atoms with E-state index in [1.165, 1.54) is 6.92 Å². The summed E-state index contributed by atoms with van der Waals surface area (Å²) in [5, 5.41) is 17.0. The van der Waals surface area contributed by atoms with Crippen LogP contribution in [-0.4, -0.2) is 22.2 Å².